The van der Waals surface area contributed by atoms with Crippen molar-refractivity contribution in [2.24, 2.45) is 0 Å². The van der Waals surface area contributed by atoms with Gasteiger partial charge in [-0.2, -0.15) is 0 Å². The zero-order valence-corrected chi connectivity index (χ0v) is 18.2. The summed E-state index contributed by atoms with van der Waals surface area (Å²) in [5, 5.41) is 3.48. The highest BCUT2D eigenvalue weighted by molar-refractivity contribution is 6.30. The van der Waals surface area contributed by atoms with E-state index in [0.29, 0.717) is 42.3 Å². The summed E-state index contributed by atoms with van der Waals surface area (Å²) in [6, 6.07) is 12.0. The van der Waals surface area contributed by atoms with Gasteiger partial charge < -0.3 is 15.0 Å². The maximum absolute atomic E-state index is 13.1. The number of rotatable bonds is 4. The van der Waals surface area contributed by atoms with E-state index in [4.69, 9.17) is 16.3 Å². The number of benzene rings is 2. The van der Waals surface area contributed by atoms with Crippen LogP contribution in [0.4, 0.5) is 4.79 Å². The Morgan fingerprint density at radius 2 is 1.81 bits per heavy atom. The average molecular weight is 442 g/mol. The maximum atomic E-state index is 13.1. The quantitative estimate of drug-likeness (QED) is 0.738. The lowest BCUT2D eigenvalue weighted by molar-refractivity contribution is -0.133. The molecule has 2 aliphatic heterocycles. The number of imide groups is 1. The van der Waals surface area contributed by atoms with E-state index in [1.54, 1.807) is 48.4 Å². The summed E-state index contributed by atoms with van der Waals surface area (Å²) in [5.74, 6) is 0.386. The van der Waals surface area contributed by atoms with E-state index < -0.39 is 11.6 Å². The number of nitrogens with one attached hydrogen (secondary N) is 1. The zero-order valence-electron chi connectivity index (χ0n) is 17.5. The third-order valence-corrected chi connectivity index (χ3v) is 6.32. The van der Waals surface area contributed by atoms with Crippen molar-refractivity contribution in [1.82, 2.24) is 15.1 Å². The molecule has 1 N–H and O–H groups in total. The summed E-state index contributed by atoms with van der Waals surface area (Å²) in [7, 11) is 1.59. The second-order valence-electron chi connectivity index (χ2n) is 8.00. The molecule has 0 atom stereocenters. The molecule has 162 valence electrons. The number of carbonyl (C=O) groups excluding carboxylic acids is 3. The summed E-state index contributed by atoms with van der Waals surface area (Å²) >= 11 is 5.91. The number of halogens is 1. The van der Waals surface area contributed by atoms with Gasteiger partial charge in [-0.3, -0.25) is 14.5 Å². The van der Waals surface area contributed by atoms with Crippen molar-refractivity contribution < 1.29 is 19.1 Å². The largest absolute Gasteiger partial charge is 0.497 e. The van der Waals surface area contributed by atoms with E-state index in [1.807, 2.05) is 13.0 Å². The lowest BCUT2D eigenvalue weighted by Crippen LogP contribution is -2.55. The van der Waals surface area contributed by atoms with E-state index in [0.717, 1.165) is 11.1 Å². The number of hydrogen-bond donors (Lipinski definition) is 1. The van der Waals surface area contributed by atoms with Crippen molar-refractivity contribution in [2.75, 3.05) is 20.2 Å². The number of methoxy groups -OCH3 is 1. The molecule has 0 radical (unpaired) electrons. The number of aryl methyl sites for hydroxylation is 1. The Labute approximate surface area is 185 Å². The fourth-order valence-electron chi connectivity index (χ4n) is 4.20. The molecule has 0 bridgehead atoms. The molecular formula is C23H24ClN3O4. The molecule has 4 amide bonds. The van der Waals surface area contributed by atoms with E-state index in [1.165, 1.54) is 4.90 Å². The fourth-order valence-corrected chi connectivity index (χ4v) is 4.32. The predicted molar refractivity (Wildman–Crippen MR) is 116 cm³/mol. The Morgan fingerprint density at radius 3 is 2.42 bits per heavy atom. The third kappa shape index (κ3) is 3.97. The van der Waals surface area contributed by atoms with E-state index >= 15 is 0 Å². The number of hydrogen-bond acceptors (Lipinski definition) is 4. The van der Waals surface area contributed by atoms with Crippen molar-refractivity contribution >= 4 is 29.4 Å². The Morgan fingerprint density at radius 1 is 1.13 bits per heavy atom. The third-order valence-electron chi connectivity index (χ3n) is 6.07. The molecule has 0 aromatic heterocycles. The van der Waals surface area contributed by atoms with Gasteiger partial charge >= 0.3 is 6.03 Å². The van der Waals surface area contributed by atoms with Crippen LogP contribution in [-0.4, -0.2) is 53.4 Å². The van der Waals surface area contributed by atoms with Crippen molar-refractivity contribution in [3.05, 3.63) is 64.2 Å². The minimum Gasteiger partial charge on any atom is -0.497 e. The van der Waals surface area contributed by atoms with Crippen LogP contribution in [0.25, 0.3) is 0 Å². The Hall–Kier alpha value is -3.06. The molecule has 0 aliphatic carbocycles. The average Bonchev–Trinajstić information content (AvgIpc) is 2.99. The van der Waals surface area contributed by atoms with Gasteiger partial charge in [-0.25, -0.2) is 4.79 Å². The summed E-state index contributed by atoms with van der Waals surface area (Å²) in [4.78, 5) is 41.7. The number of piperidine rings is 1. The van der Waals surface area contributed by atoms with Crippen molar-refractivity contribution in [3.8, 4) is 5.75 Å². The monoisotopic (exact) mass is 441 g/mol. The molecule has 2 heterocycles. The molecule has 8 heteroatoms. The number of amides is 4. The van der Waals surface area contributed by atoms with Crippen LogP contribution >= 0.6 is 11.6 Å². The van der Waals surface area contributed by atoms with Crippen LogP contribution in [0.15, 0.2) is 42.5 Å². The molecule has 0 unspecified atom stereocenters. The molecule has 2 aromatic rings. The fraction of sp³-hybridized carbons (Fsp3) is 0.348. The van der Waals surface area contributed by atoms with Gasteiger partial charge in [0.15, 0.2) is 0 Å². The van der Waals surface area contributed by atoms with Crippen LogP contribution in [0, 0.1) is 6.92 Å². The van der Waals surface area contributed by atoms with E-state index in [-0.39, 0.29) is 18.4 Å². The first-order valence-electron chi connectivity index (χ1n) is 10.2. The smallest absolute Gasteiger partial charge is 0.325 e. The minimum absolute atomic E-state index is 0.0789. The normalized spacial score (nSPS) is 17.8. The van der Waals surface area contributed by atoms with Crippen LogP contribution in [0.3, 0.4) is 0 Å². The highest BCUT2D eigenvalue weighted by Crippen LogP contribution is 2.31. The van der Waals surface area contributed by atoms with Gasteiger partial charge in [0.05, 0.1) is 13.7 Å². The number of carbonyl (C=O) groups is 3. The molecule has 2 saturated heterocycles. The van der Waals surface area contributed by atoms with Crippen molar-refractivity contribution in [2.45, 2.75) is 31.8 Å². The molecule has 2 aliphatic rings. The molecule has 1 spiro atoms. The number of ether oxygens (including phenoxy) is 1. The Kier molecular flexibility index (Phi) is 5.62. The van der Waals surface area contributed by atoms with Gasteiger partial charge in [0, 0.05) is 23.7 Å². The van der Waals surface area contributed by atoms with E-state index in [2.05, 4.69) is 5.32 Å². The number of likely N-dealkylation sites (tertiary alicyclic amines) is 1. The first-order chi connectivity index (χ1) is 14.8. The standard InChI is InChI=1S/C23H24ClN3O4/c1-15-13-18(31-2)7-8-19(15)20(28)26-11-9-23(10-12-26)21(29)27(22(30)25-23)14-16-3-5-17(24)6-4-16/h3-8,13H,9-12,14H2,1-2H3,(H,25,30). The first kappa shape index (κ1) is 21.2. The van der Waals surface area contributed by atoms with Gasteiger partial charge in [-0.1, -0.05) is 23.7 Å². The van der Waals surface area contributed by atoms with Gasteiger partial charge in [0.25, 0.3) is 11.8 Å². The van der Waals surface area contributed by atoms with E-state index in [9.17, 15) is 14.4 Å². The molecule has 7 nitrogen and oxygen atoms in total. The summed E-state index contributed by atoms with van der Waals surface area (Å²) < 4.78 is 5.21. The Bertz CT molecular complexity index is 1030. The highest BCUT2D eigenvalue weighted by atomic mass is 35.5. The zero-order chi connectivity index (χ0) is 22.2. The lowest BCUT2D eigenvalue weighted by Gasteiger charge is -2.37. The number of nitrogens with zero attached hydrogens (tertiary/aromatic N) is 2. The number of urea groups is 1. The molecule has 4 rings (SSSR count). The van der Waals surface area contributed by atoms with Crippen LogP contribution in [0.2, 0.25) is 5.02 Å². The van der Waals surface area contributed by atoms with Gasteiger partial charge in [-0.15, -0.1) is 0 Å². The SMILES string of the molecule is COc1ccc(C(=O)N2CCC3(CC2)NC(=O)N(Cc2ccc(Cl)cc2)C3=O)c(C)c1. The predicted octanol–water partition coefficient (Wildman–Crippen LogP) is 3.38. The second-order valence-corrected chi connectivity index (χ2v) is 8.44. The summed E-state index contributed by atoms with van der Waals surface area (Å²) in [6.45, 7) is 2.85. The maximum Gasteiger partial charge on any atom is 0.325 e. The molecular weight excluding hydrogens is 418 g/mol. The van der Waals surface area contributed by atoms with Crippen LogP contribution in [-0.2, 0) is 11.3 Å². The highest BCUT2D eigenvalue weighted by Gasteiger charge is 2.52. The van der Waals surface area contributed by atoms with Gasteiger partial charge in [-0.05, 0) is 61.2 Å². The van der Waals surface area contributed by atoms with Gasteiger partial charge in [0.2, 0.25) is 0 Å². The minimum atomic E-state index is -0.949. The molecule has 0 saturated carbocycles. The van der Waals surface area contributed by atoms with Crippen molar-refractivity contribution in [1.29, 1.82) is 0 Å². The lowest BCUT2D eigenvalue weighted by atomic mass is 9.87. The first-order valence-corrected chi connectivity index (χ1v) is 10.5. The topological polar surface area (TPSA) is 79.0 Å². The van der Waals surface area contributed by atoms with Crippen LogP contribution in [0.1, 0.15) is 34.3 Å². The molecule has 2 aromatic carbocycles. The summed E-state index contributed by atoms with van der Waals surface area (Å²) in [5.41, 5.74) is 1.33. The van der Waals surface area contributed by atoms with Gasteiger partial charge in [0.1, 0.15) is 11.3 Å². The van der Waals surface area contributed by atoms with Crippen molar-refractivity contribution in [3.63, 3.8) is 0 Å². The second kappa shape index (κ2) is 8.23. The van der Waals surface area contributed by atoms with Crippen LogP contribution < -0.4 is 10.1 Å². The molecule has 31 heavy (non-hydrogen) atoms. The molecule has 2 fully saturated rings. The van der Waals surface area contributed by atoms with Crippen LogP contribution in [0.5, 0.6) is 5.75 Å². The Balaban J connectivity index is 1.43. The summed E-state index contributed by atoms with van der Waals surface area (Å²) in [6.07, 6.45) is 0.769.